The standard InChI is InChI=1S/C24H20O9S/c1-13-4-10-16(11-5-13)34(28,29)33-17-12-18(31-3)20(25)24-19(17)21(26)22(27)23(32-24)14-6-8-15(30-2)9-7-14/h4-12,25,27H,1-3H3. The number of phenolic OH excluding ortho intramolecular Hbond substituents is 1. The van der Waals surface area contributed by atoms with E-state index in [1.165, 1.54) is 26.4 Å². The van der Waals surface area contributed by atoms with Crippen molar-refractivity contribution >= 4 is 21.1 Å². The molecule has 1 aromatic heterocycles. The van der Waals surface area contributed by atoms with Crippen molar-refractivity contribution in [2.24, 2.45) is 0 Å². The zero-order valence-corrected chi connectivity index (χ0v) is 19.2. The lowest BCUT2D eigenvalue weighted by Crippen LogP contribution is -2.13. The van der Waals surface area contributed by atoms with Gasteiger partial charge in [-0.25, -0.2) is 0 Å². The number of rotatable bonds is 6. The van der Waals surface area contributed by atoms with Crippen molar-refractivity contribution < 1.29 is 36.7 Å². The Morgan fingerprint density at radius 2 is 1.50 bits per heavy atom. The first-order valence-electron chi connectivity index (χ1n) is 9.91. The summed E-state index contributed by atoms with van der Waals surface area (Å²) in [6, 6.07) is 13.2. The Balaban J connectivity index is 1.94. The topological polar surface area (TPSA) is 132 Å². The van der Waals surface area contributed by atoms with Crippen LogP contribution in [0.5, 0.6) is 28.7 Å². The molecule has 0 bridgehead atoms. The normalized spacial score (nSPS) is 11.4. The predicted octanol–water partition coefficient (Wildman–Crippen LogP) is 3.96. The SMILES string of the molecule is COc1ccc(-c2oc3c(O)c(OC)cc(OS(=O)(=O)c4ccc(C)cc4)c3c(=O)c2O)cc1. The number of aryl methyl sites for hydroxylation is 1. The van der Waals surface area contributed by atoms with E-state index in [1.807, 2.05) is 0 Å². The molecule has 4 rings (SSSR count). The zero-order chi connectivity index (χ0) is 24.6. The second-order valence-corrected chi connectivity index (χ2v) is 8.86. The highest BCUT2D eigenvalue weighted by molar-refractivity contribution is 7.87. The van der Waals surface area contributed by atoms with Crippen LogP contribution in [0.1, 0.15) is 5.56 Å². The summed E-state index contributed by atoms with van der Waals surface area (Å²) in [5.41, 5.74) is -0.261. The first-order chi connectivity index (χ1) is 16.2. The molecule has 0 aliphatic carbocycles. The van der Waals surface area contributed by atoms with E-state index in [4.69, 9.17) is 18.1 Å². The Morgan fingerprint density at radius 3 is 2.09 bits per heavy atom. The van der Waals surface area contributed by atoms with E-state index < -0.39 is 43.8 Å². The van der Waals surface area contributed by atoms with Crippen LogP contribution in [0.4, 0.5) is 0 Å². The maximum atomic E-state index is 13.1. The van der Waals surface area contributed by atoms with E-state index in [1.54, 1.807) is 43.3 Å². The molecule has 0 spiro atoms. The van der Waals surface area contributed by atoms with Crippen molar-refractivity contribution in [3.05, 3.63) is 70.4 Å². The van der Waals surface area contributed by atoms with Crippen molar-refractivity contribution in [3.8, 4) is 40.1 Å². The molecule has 3 aromatic carbocycles. The molecule has 34 heavy (non-hydrogen) atoms. The fourth-order valence-corrected chi connectivity index (χ4v) is 4.25. The summed E-state index contributed by atoms with van der Waals surface area (Å²) in [5, 5.41) is 20.8. The third kappa shape index (κ3) is 3.99. The van der Waals surface area contributed by atoms with Crippen LogP contribution in [-0.2, 0) is 10.1 Å². The molecular formula is C24H20O9S. The molecule has 176 valence electrons. The quantitative estimate of drug-likeness (QED) is 0.390. The van der Waals surface area contributed by atoms with Gasteiger partial charge in [-0.2, -0.15) is 8.42 Å². The first kappa shape index (κ1) is 23.0. The van der Waals surface area contributed by atoms with Crippen LogP contribution < -0.4 is 19.1 Å². The van der Waals surface area contributed by atoms with Gasteiger partial charge < -0.3 is 28.3 Å². The molecule has 0 radical (unpaired) electrons. The highest BCUT2D eigenvalue weighted by Crippen LogP contribution is 2.43. The number of methoxy groups -OCH3 is 2. The van der Waals surface area contributed by atoms with Gasteiger partial charge >= 0.3 is 10.1 Å². The average Bonchev–Trinajstić information content (AvgIpc) is 2.83. The Labute approximate surface area is 194 Å². The van der Waals surface area contributed by atoms with E-state index in [0.29, 0.717) is 11.3 Å². The molecular weight excluding hydrogens is 464 g/mol. The van der Waals surface area contributed by atoms with E-state index in [2.05, 4.69) is 0 Å². The fourth-order valence-electron chi connectivity index (χ4n) is 3.32. The van der Waals surface area contributed by atoms with Gasteiger partial charge in [0, 0.05) is 11.6 Å². The Morgan fingerprint density at radius 1 is 0.853 bits per heavy atom. The molecule has 9 nitrogen and oxygen atoms in total. The molecule has 2 N–H and O–H groups in total. The van der Waals surface area contributed by atoms with Crippen LogP contribution >= 0.6 is 0 Å². The van der Waals surface area contributed by atoms with Gasteiger partial charge in [0.1, 0.15) is 16.0 Å². The van der Waals surface area contributed by atoms with Gasteiger partial charge in [0.15, 0.2) is 22.8 Å². The second-order valence-electron chi connectivity index (χ2n) is 7.32. The Bertz CT molecular complexity index is 1540. The molecule has 0 saturated carbocycles. The number of hydrogen-bond acceptors (Lipinski definition) is 9. The summed E-state index contributed by atoms with van der Waals surface area (Å²) < 4.78 is 46.8. The number of ether oxygens (including phenoxy) is 2. The minimum atomic E-state index is -4.37. The van der Waals surface area contributed by atoms with Gasteiger partial charge in [-0.3, -0.25) is 4.79 Å². The van der Waals surface area contributed by atoms with Crippen LogP contribution in [0.2, 0.25) is 0 Å². The average molecular weight is 484 g/mol. The van der Waals surface area contributed by atoms with E-state index in [0.717, 1.165) is 11.6 Å². The molecule has 0 atom stereocenters. The summed E-state index contributed by atoms with van der Waals surface area (Å²) in [6.45, 7) is 1.80. The maximum absolute atomic E-state index is 13.1. The Kier molecular flexibility index (Phi) is 5.84. The van der Waals surface area contributed by atoms with Crippen molar-refractivity contribution in [2.75, 3.05) is 14.2 Å². The van der Waals surface area contributed by atoms with Gasteiger partial charge in [0.2, 0.25) is 16.9 Å². The summed E-state index contributed by atoms with van der Waals surface area (Å²) in [6.07, 6.45) is 0. The number of fused-ring (bicyclic) bond motifs is 1. The van der Waals surface area contributed by atoms with E-state index in [-0.39, 0.29) is 16.4 Å². The van der Waals surface area contributed by atoms with Crippen LogP contribution in [0.3, 0.4) is 0 Å². The van der Waals surface area contributed by atoms with Gasteiger partial charge in [0.05, 0.1) is 14.2 Å². The number of aromatic hydroxyl groups is 2. The van der Waals surface area contributed by atoms with E-state index >= 15 is 0 Å². The highest BCUT2D eigenvalue weighted by atomic mass is 32.2. The van der Waals surface area contributed by atoms with Gasteiger partial charge in [0.25, 0.3) is 0 Å². The monoisotopic (exact) mass is 484 g/mol. The molecule has 1 heterocycles. The van der Waals surface area contributed by atoms with Crippen LogP contribution in [-0.4, -0.2) is 32.9 Å². The van der Waals surface area contributed by atoms with Crippen LogP contribution in [0.15, 0.2) is 68.7 Å². The lowest BCUT2D eigenvalue weighted by Gasteiger charge is -2.14. The van der Waals surface area contributed by atoms with E-state index in [9.17, 15) is 23.4 Å². The molecule has 0 fully saturated rings. The number of phenols is 1. The van der Waals surface area contributed by atoms with Crippen molar-refractivity contribution in [1.82, 2.24) is 0 Å². The van der Waals surface area contributed by atoms with Gasteiger partial charge in [-0.05, 0) is 43.3 Å². The smallest absolute Gasteiger partial charge is 0.339 e. The summed E-state index contributed by atoms with van der Waals surface area (Å²) >= 11 is 0. The third-order valence-corrected chi connectivity index (χ3v) is 6.38. The highest BCUT2D eigenvalue weighted by Gasteiger charge is 2.27. The second kappa shape index (κ2) is 8.64. The van der Waals surface area contributed by atoms with Gasteiger partial charge in [-0.15, -0.1) is 0 Å². The molecule has 0 amide bonds. The molecule has 0 aliphatic heterocycles. The summed E-state index contributed by atoms with van der Waals surface area (Å²) in [7, 11) is -1.65. The number of benzene rings is 3. The summed E-state index contributed by atoms with van der Waals surface area (Å²) in [4.78, 5) is 13.0. The minimum Gasteiger partial charge on any atom is -0.502 e. The maximum Gasteiger partial charge on any atom is 0.339 e. The molecule has 4 aromatic rings. The third-order valence-electron chi connectivity index (χ3n) is 5.13. The Hall–Kier alpha value is -4.18. The molecule has 0 saturated heterocycles. The zero-order valence-electron chi connectivity index (χ0n) is 18.4. The van der Waals surface area contributed by atoms with Crippen molar-refractivity contribution in [2.45, 2.75) is 11.8 Å². The van der Waals surface area contributed by atoms with Gasteiger partial charge in [-0.1, -0.05) is 17.7 Å². The molecule has 10 heteroatoms. The molecule has 0 unspecified atom stereocenters. The first-order valence-corrected chi connectivity index (χ1v) is 11.3. The minimum absolute atomic E-state index is 0.151. The van der Waals surface area contributed by atoms with Crippen molar-refractivity contribution in [3.63, 3.8) is 0 Å². The predicted molar refractivity (Wildman–Crippen MR) is 123 cm³/mol. The van der Waals surface area contributed by atoms with Crippen molar-refractivity contribution in [1.29, 1.82) is 0 Å². The lowest BCUT2D eigenvalue weighted by atomic mass is 10.1. The lowest BCUT2D eigenvalue weighted by molar-refractivity contribution is 0.368. The number of hydrogen-bond donors (Lipinski definition) is 2. The summed E-state index contributed by atoms with van der Waals surface area (Å²) in [5.74, 6) is -1.74. The molecule has 0 aliphatic rings. The van der Waals surface area contributed by atoms with Crippen LogP contribution in [0, 0.1) is 6.92 Å². The fraction of sp³-hybridized carbons (Fsp3) is 0.125. The largest absolute Gasteiger partial charge is 0.502 e. The van der Waals surface area contributed by atoms with Crippen LogP contribution in [0.25, 0.3) is 22.3 Å².